The van der Waals surface area contributed by atoms with Gasteiger partial charge in [-0.25, -0.2) is 0 Å². The molecule has 0 bridgehead atoms. The number of likely N-dealkylation sites (tertiary alicyclic amines) is 1. The number of carbonyl (C=O) groups is 4. The Morgan fingerprint density at radius 1 is 1.03 bits per heavy atom. The maximum Gasteiger partial charge on any atom is 0.320 e. The second-order valence-electron chi connectivity index (χ2n) is 17.7. The van der Waals surface area contributed by atoms with E-state index in [9.17, 15) is 29.4 Å². The van der Waals surface area contributed by atoms with Crippen molar-refractivity contribution in [3.63, 3.8) is 0 Å². The van der Waals surface area contributed by atoms with Crippen LogP contribution in [-0.4, -0.2) is 120 Å². The van der Waals surface area contributed by atoms with E-state index >= 15 is 0 Å². The van der Waals surface area contributed by atoms with Crippen LogP contribution in [0.3, 0.4) is 0 Å². The fourth-order valence-electron chi connectivity index (χ4n) is 10.7. The normalized spacial score (nSPS) is 28.7. The summed E-state index contributed by atoms with van der Waals surface area (Å²) < 4.78 is 6.51. The van der Waals surface area contributed by atoms with Gasteiger partial charge in [0.25, 0.3) is 11.8 Å². The maximum absolute atomic E-state index is 14.6. The van der Waals surface area contributed by atoms with Gasteiger partial charge in [-0.1, -0.05) is 56.3 Å². The number of carbonyl (C=O) groups excluding carboxylic acids is 3. The predicted octanol–water partition coefficient (Wildman–Crippen LogP) is 3.55. The minimum absolute atomic E-state index is 0.150. The number of nitrogens with one attached hydrogen (secondary N) is 3. The van der Waals surface area contributed by atoms with E-state index < -0.39 is 53.5 Å². The van der Waals surface area contributed by atoms with E-state index in [-0.39, 0.29) is 42.4 Å². The van der Waals surface area contributed by atoms with Gasteiger partial charge in [0, 0.05) is 78.0 Å². The summed E-state index contributed by atoms with van der Waals surface area (Å²) in [7, 11) is 2.07. The first-order valence-electron chi connectivity index (χ1n) is 21.2. The van der Waals surface area contributed by atoms with Crippen LogP contribution in [0.4, 0.5) is 0 Å². The fraction of sp³-hybridized carbons (Fsp3) is 0.435. The largest absolute Gasteiger partial charge is 0.508 e. The lowest BCUT2D eigenvalue weighted by molar-refractivity contribution is -0.321. The SMILES string of the molecule is CC(C)[C@@]1(NC(=O)[C@@H]2C[C@@H]3c4cccc5[nH]cc(c45)C[C@H]3N(C)C2)O[C@@]2(O)[C@@H]3CCCN3C(=O)[C@H](Cc3ccccc3)N2C1=O.N[C@@H](Cc1c[nH]c2ccc(O)cc12)C(=O)O. The zero-order chi connectivity index (χ0) is 43.0. The van der Waals surface area contributed by atoms with Gasteiger partial charge in [0.05, 0.1) is 5.92 Å². The number of likely N-dealkylation sites (N-methyl/N-ethyl adjacent to an activating group) is 1. The first-order valence-corrected chi connectivity index (χ1v) is 21.2. The molecule has 1 aliphatic carbocycles. The Morgan fingerprint density at radius 3 is 2.56 bits per heavy atom. The molecule has 4 saturated heterocycles. The van der Waals surface area contributed by atoms with Gasteiger partial charge in [-0.15, -0.1) is 0 Å². The van der Waals surface area contributed by atoms with Crippen LogP contribution < -0.4 is 11.1 Å². The molecule has 0 unspecified atom stereocenters. The molecule has 4 fully saturated rings. The molecule has 8 N–H and O–H groups in total. The van der Waals surface area contributed by atoms with Crippen molar-refractivity contribution in [1.29, 1.82) is 0 Å². The zero-order valence-electron chi connectivity index (χ0n) is 34.5. The average molecular weight is 832 g/mol. The Bertz CT molecular complexity index is 2520. The number of hydrogen-bond donors (Lipinski definition) is 7. The molecule has 3 aromatic carbocycles. The van der Waals surface area contributed by atoms with Crippen molar-refractivity contribution >= 4 is 45.5 Å². The van der Waals surface area contributed by atoms with E-state index in [1.165, 1.54) is 21.4 Å². The highest BCUT2D eigenvalue weighted by Gasteiger charge is 2.72. The van der Waals surface area contributed by atoms with Gasteiger partial charge < -0.3 is 46.1 Å². The number of aliphatic hydroxyl groups is 1. The summed E-state index contributed by atoms with van der Waals surface area (Å²) in [5.74, 6) is -4.69. The summed E-state index contributed by atoms with van der Waals surface area (Å²) in [6, 6.07) is 18.5. The molecule has 15 heteroatoms. The molecule has 5 aromatic rings. The Hall–Kier alpha value is -5.74. The summed E-state index contributed by atoms with van der Waals surface area (Å²) in [6.45, 7) is 4.68. The minimum atomic E-state index is -2.04. The molecule has 0 radical (unpaired) electrons. The molecule has 10 rings (SSSR count). The van der Waals surface area contributed by atoms with Crippen LogP contribution in [0.25, 0.3) is 21.8 Å². The predicted molar refractivity (Wildman–Crippen MR) is 226 cm³/mol. The number of aliphatic carboxylic acids is 1. The lowest BCUT2D eigenvalue weighted by Crippen LogP contribution is -2.71. The number of hydrogen-bond acceptors (Lipinski definition) is 9. The van der Waals surface area contributed by atoms with E-state index in [2.05, 4.69) is 51.6 Å². The number of fused-ring (bicyclic) bond motifs is 6. The Labute approximate surface area is 352 Å². The Morgan fingerprint density at radius 2 is 1.80 bits per heavy atom. The summed E-state index contributed by atoms with van der Waals surface area (Å²) in [5.41, 5.74) is 9.85. The van der Waals surface area contributed by atoms with Crippen LogP contribution in [0.5, 0.6) is 5.75 Å². The third-order valence-corrected chi connectivity index (χ3v) is 13.8. The van der Waals surface area contributed by atoms with Crippen LogP contribution in [0.2, 0.25) is 0 Å². The van der Waals surface area contributed by atoms with Crippen molar-refractivity contribution in [2.45, 2.75) is 94.1 Å². The molecular weight excluding hydrogens is 779 g/mol. The van der Waals surface area contributed by atoms with Gasteiger partial charge in [0.15, 0.2) is 0 Å². The highest BCUT2D eigenvalue weighted by Crippen LogP contribution is 2.49. The van der Waals surface area contributed by atoms with E-state index in [0.29, 0.717) is 32.4 Å². The van der Waals surface area contributed by atoms with Gasteiger partial charge in [0.1, 0.15) is 23.9 Å². The van der Waals surface area contributed by atoms with Crippen LogP contribution in [0.15, 0.2) is 79.1 Å². The number of rotatable bonds is 8. The number of phenols is 1. The van der Waals surface area contributed by atoms with Crippen LogP contribution in [-0.2, 0) is 43.2 Å². The molecule has 15 nitrogen and oxygen atoms in total. The number of amides is 3. The van der Waals surface area contributed by atoms with Gasteiger partial charge in [-0.2, -0.15) is 0 Å². The van der Waals surface area contributed by atoms with Crippen LogP contribution >= 0.6 is 0 Å². The number of phenolic OH excluding ortho intramolecular Hbond substituents is 1. The molecule has 320 valence electrons. The number of aromatic nitrogens is 2. The van der Waals surface area contributed by atoms with Gasteiger partial charge in [-0.05, 0) is 79.3 Å². The summed E-state index contributed by atoms with van der Waals surface area (Å²) in [4.78, 5) is 65.0. The minimum Gasteiger partial charge on any atom is -0.508 e. The second-order valence-corrected chi connectivity index (χ2v) is 17.7. The van der Waals surface area contributed by atoms with E-state index in [0.717, 1.165) is 34.0 Å². The molecule has 3 amide bonds. The number of nitrogens with zero attached hydrogens (tertiary/aromatic N) is 3. The number of carboxylic acids is 1. The number of aromatic hydroxyl groups is 1. The number of H-pyrrole nitrogens is 2. The second kappa shape index (κ2) is 15.3. The maximum atomic E-state index is 14.6. The summed E-state index contributed by atoms with van der Waals surface area (Å²) in [6.07, 6.45) is 7.07. The number of ether oxygens (including phenoxy) is 1. The highest BCUT2D eigenvalue weighted by atomic mass is 16.7. The lowest BCUT2D eigenvalue weighted by Gasteiger charge is -2.48. The van der Waals surface area contributed by atoms with Crippen molar-refractivity contribution in [2.24, 2.45) is 17.6 Å². The third-order valence-electron chi connectivity index (χ3n) is 13.8. The summed E-state index contributed by atoms with van der Waals surface area (Å²) in [5, 5.41) is 35.5. The molecule has 6 heterocycles. The van der Waals surface area contributed by atoms with Crippen molar-refractivity contribution in [3.8, 4) is 5.75 Å². The topological polar surface area (TPSA) is 218 Å². The number of piperidine rings is 1. The molecule has 8 atom stereocenters. The Kier molecular flexibility index (Phi) is 10.2. The third kappa shape index (κ3) is 6.74. The molecule has 61 heavy (non-hydrogen) atoms. The number of piperazine rings is 1. The highest BCUT2D eigenvalue weighted by molar-refractivity contribution is 5.98. The first kappa shape index (κ1) is 40.7. The number of benzene rings is 3. The van der Waals surface area contributed by atoms with E-state index in [1.54, 1.807) is 29.3 Å². The fourth-order valence-corrected chi connectivity index (χ4v) is 10.7. The molecular formula is C46H53N7O8. The first-order chi connectivity index (χ1) is 29.2. The number of nitrogens with two attached hydrogens (primary N) is 1. The zero-order valence-corrected chi connectivity index (χ0v) is 34.5. The van der Waals surface area contributed by atoms with Gasteiger partial charge in [0.2, 0.25) is 17.5 Å². The molecule has 5 aliphatic rings. The van der Waals surface area contributed by atoms with E-state index in [4.69, 9.17) is 15.6 Å². The average Bonchev–Trinajstić information content (AvgIpc) is 4.04. The summed E-state index contributed by atoms with van der Waals surface area (Å²) >= 11 is 0. The Balaban J connectivity index is 0.000000250. The van der Waals surface area contributed by atoms with Crippen LogP contribution in [0, 0.1) is 11.8 Å². The van der Waals surface area contributed by atoms with Crippen molar-refractivity contribution in [1.82, 2.24) is 30.0 Å². The van der Waals surface area contributed by atoms with Crippen LogP contribution in [0.1, 0.15) is 61.3 Å². The lowest BCUT2D eigenvalue weighted by atomic mass is 9.72. The van der Waals surface area contributed by atoms with Crippen molar-refractivity contribution < 1.29 is 39.2 Å². The molecule has 4 aliphatic heterocycles. The van der Waals surface area contributed by atoms with E-state index in [1.807, 2.05) is 44.2 Å². The van der Waals surface area contributed by atoms with Crippen molar-refractivity contribution in [2.75, 3.05) is 20.1 Å². The molecule has 0 saturated carbocycles. The van der Waals surface area contributed by atoms with Gasteiger partial charge >= 0.3 is 5.97 Å². The monoisotopic (exact) mass is 831 g/mol. The quantitative estimate of drug-likeness (QED) is 0.121. The number of aromatic amines is 2. The standard InChI is InChI=1S/C35H41N5O5.C11H12N2O3/c1-20(2)34(37-31(41)23-16-25-24-11-7-12-26-30(24)22(18-36-26)17-27(25)38(3)19-23)33(43)40-28(15-21-9-5-4-6-10-21)32(42)39-14-8-13-29(39)35(40,44)45-34;12-9(11(15)16)3-6-5-13-10-2-1-7(14)4-8(6)10/h4-7,9-12,18,20,23,25,27-29,36,44H,8,13-17,19H2,1-3H3,(H,37,41);1-2,4-5,9,13-14H,3,12H2,(H,15,16)/t23-,25-,27-,28+,29+,34-,35+;9-/m10/s1. The smallest absolute Gasteiger partial charge is 0.320 e. The molecule has 2 aromatic heterocycles. The molecule has 0 spiro atoms. The van der Waals surface area contributed by atoms with Gasteiger partial charge in [-0.3, -0.25) is 28.8 Å². The number of carboxylic acid groups (broad SMARTS) is 1. The van der Waals surface area contributed by atoms with Crippen molar-refractivity contribution in [3.05, 3.63) is 101 Å².